The van der Waals surface area contributed by atoms with Crippen molar-refractivity contribution in [2.75, 3.05) is 19.7 Å². The van der Waals surface area contributed by atoms with Gasteiger partial charge in [0, 0.05) is 43.2 Å². The zero-order valence-electron chi connectivity index (χ0n) is 16.0. The first kappa shape index (κ1) is 18.4. The van der Waals surface area contributed by atoms with Crippen molar-refractivity contribution in [3.8, 4) is 22.9 Å². The first-order valence-electron chi connectivity index (χ1n) is 9.72. The van der Waals surface area contributed by atoms with Gasteiger partial charge in [-0.05, 0) is 44.0 Å². The summed E-state index contributed by atoms with van der Waals surface area (Å²) in [6, 6.07) is 8.14. The molecule has 28 heavy (non-hydrogen) atoms. The Morgan fingerprint density at radius 1 is 1.11 bits per heavy atom. The maximum atomic E-state index is 5.93. The highest BCUT2D eigenvalue weighted by atomic mass is 16.5. The smallest absolute Gasteiger partial charge is 0.232 e. The molecule has 1 aliphatic heterocycles. The Morgan fingerprint density at radius 3 is 2.64 bits per heavy atom. The summed E-state index contributed by atoms with van der Waals surface area (Å²) in [6.07, 6.45) is 9.06. The molecular weight excluding hydrogens is 354 g/mol. The molecule has 7 nitrogen and oxygen atoms in total. The molecule has 1 aliphatic rings. The summed E-state index contributed by atoms with van der Waals surface area (Å²) in [4.78, 5) is 10.7. The Kier molecular flexibility index (Phi) is 5.82. The quantitative estimate of drug-likeness (QED) is 0.679. The van der Waals surface area contributed by atoms with Crippen molar-refractivity contribution in [1.82, 2.24) is 25.1 Å². The van der Waals surface area contributed by atoms with E-state index in [2.05, 4.69) is 37.2 Å². The number of hydrogen-bond donors (Lipinski definition) is 1. The molecule has 0 amide bonds. The van der Waals surface area contributed by atoms with Gasteiger partial charge in [0.2, 0.25) is 5.88 Å². The van der Waals surface area contributed by atoms with Crippen molar-refractivity contribution in [1.29, 1.82) is 0 Å². The summed E-state index contributed by atoms with van der Waals surface area (Å²) in [5.74, 6) is 1.49. The predicted molar refractivity (Wildman–Crippen MR) is 106 cm³/mol. The number of benzene rings is 1. The summed E-state index contributed by atoms with van der Waals surface area (Å²) in [5, 5.41) is 7.42. The second-order valence-corrected chi connectivity index (χ2v) is 6.86. The number of nitrogens with one attached hydrogen (secondary N) is 1. The Morgan fingerprint density at radius 2 is 1.93 bits per heavy atom. The topological polar surface area (TPSA) is 76.2 Å². The Labute approximate surface area is 164 Å². The molecule has 0 aliphatic carbocycles. The van der Waals surface area contributed by atoms with E-state index >= 15 is 0 Å². The van der Waals surface area contributed by atoms with E-state index in [0.717, 1.165) is 49.5 Å². The molecule has 1 fully saturated rings. The van der Waals surface area contributed by atoms with Crippen LogP contribution in [0.5, 0.6) is 11.6 Å². The van der Waals surface area contributed by atoms with E-state index in [4.69, 9.17) is 9.47 Å². The fraction of sp³-hybridized carbons (Fsp3) is 0.381. The second kappa shape index (κ2) is 8.84. The number of H-pyrrole nitrogens is 1. The van der Waals surface area contributed by atoms with Crippen LogP contribution in [0.3, 0.4) is 0 Å². The highest BCUT2D eigenvalue weighted by molar-refractivity contribution is 5.63. The molecule has 0 saturated carbocycles. The molecular formula is C21H25N5O2. The van der Waals surface area contributed by atoms with Crippen molar-refractivity contribution in [3.05, 3.63) is 54.6 Å². The summed E-state index contributed by atoms with van der Waals surface area (Å²) in [7, 11) is 0. The number of aromatic amines is 1. The van der Waals surface area contributed by atoms with E-state index in [1.807, 2.05) is 25.3 Å². The second-order valence-electron chi connectivity index (χ2n) is 6.86. The summed E-state index contributed by atoms with van der Waals surface area (Å²) >= 11 is 0. The van der Waals surface area contributed by atoms with Gasteiger partial charge in [-0.15, -0.1) is 0 Å². The lowest BCUT2D eigenvalue weighted by Gasteiger charge is -2.31. The van der Waals surface area contributed by atoms with Crippen LogP contribution in [0.25, 0.3) is 11.3 Å². The van der Waals surface area contributed by atoms with Crippen LogP contribution >= 0.6 is 0 Å². The van der Waals surface area contributed by atoms with E-state index in [9.17, 15) is 0 Å². The van der Waals surface area contributed by atoms with Gasteiger partial charge in [0.1, 0.15) is 11.9 Å². The van der Waals surface area contributed by atoms with E-state index in [1.54, 1.807) is 18.6 Å². The molecule has 3 heterocycles. The average Bonchev–Trinajstić information content (AvgIpc) is 3.19. The van der Waals surface area contributed by atoms with Crippen molar-refractivity contribution in [2.45, 2.75) is 32.4 Å². The Hall–Kier alpha value is -2.93. The van der Waals surface area contributed by atoms with Gasteiger partial charge in [0.05, 0.1) is 24.7 Å². The molecule has 0 atom stereocenters. The number of rotatable bonds is 7. The molecule has 0 bridgehead atoms. The van der Waals surface area contributed by atoms with Crippen LogP contribution in [0, 0.1) is 0 Å². The van der Waals surface area contributed by atoms with Crippen LogP contribution in [0.2, 0.25) is 0 Å². The van der Waals surface area contributed by atoms with Gasteiger partial charge < -0.3 is 9.47 Å². The van der Waals surface area contributed by atoms with Gasteiger partial charge in [-0.1, -0.05) is 0 Å². The van der Waals surface area contributed by atoms with Crippen LogP contribution in [-0.2, 0) is 6.54 Å². The summed E-state index contributed by atoms with van der Waals surface area (Å²) in [6.45, 7) is 5.50. The maximum absolute atomic E-state index is 5.93. The molecule has 0 unspecified atom stereocenters. The zero-order valence-corrected chi connectivity index (χ0v) is 16.0. The number of piperidine rings is 1. The van der Waals surface area contributed by atoms with Crippen LogP contribution in [0.1, 0.15) is 25.3 Å². The molecule has 3 aromatic rings. The van der Waals surface area contributed by atoms with Gasteiger partial charge in [0.25, 0.3) is 0 Å². The van der Waals surface area contributed by atoms with Crippen molar-refractivity contribution < 1.29 is 9.47 Å². The van der Waals surface area contributed by atoms with Crippen LogP contribution < -0.4 is 9.47 Å². The summed E-state index contributed by atoms with van der Waals surface area (Å²) in [5.41, 5.74) is 3.40. The normalized spacial score (nSPS) is 15.5. The Bertz CT molecular complexity index is 858. The molecule has 0 spiro atoms. The lowest BCUT2D eigenvalue weighted by molar-refractivity contribution is 0.0929. The van der Waals surface area contributed by atoms with Gasteiger partial charge in [-0.2, -0.15) is 5.10 Å². The third kappa shape index (κ3) is 4.48. The maximum Gasteiger partial charge on any atom is 0.232 e. The third-order valence-corrected chi connectivity index (χ3v) is 4.93. The van der Waals surface area contributed by atoms with Crippen molar-refractivity contribution >= 4 is 0 Å². The van der Waals surface area contributed by atoms with Crippen LogP contribution in [0.15, 0.2) is 49.1 Å². The Balaban J connectivity index is 1.34. The van der Waals surface area contributed by atoms with E-state index < -0.39 is 0 Å². The van der Waals surface area contributed by atoms with Crippen LogP contribution in [-0.4, -0.2) is 50.9 Å². The first-order valence-corrected chi connectivity index (χ1v) is 9.72. The zero-order chi connectivity index (χ0) is 19.2. The number of likely N-dealkylation sites (tertiary alicyclic amines) is 1. The number of aromatic nitrogens is 4. The van der Waals surface area contributed by atoms with Crippen LogP contribution in [0.4, 0.5) is 0 Å². The minimum Gasteiger partial charge on any atom is -0.494 e. The largest absolute Gasteiger partial charge is 0.494 e. The SMILES string of the molecule is CCOc1ccc(-c2[nH]ncc2CN2CCC(Oc3cnccn3)CC2)cc1. The molecule has 7 heteroatoms. The average molecular weight is 379 g/mol. The van der Waals surface area contributed by atoms with E-state index in [-0.39, 0.29) is 6.10 Å². The molecule has 4 rings (SSSR count). The van der Waals surface area contributed by atoms with Crippen molar-refractivity contribution in [3.63, 3.8) is 0 Å². The highest BCUT2D eigenvalue weighted by Crippen LogP contribution is 2.26. The van der Waals surface area contributed by atoms with Gasteiger partial charge in [0.15, 0.2) is 0 Å². The molecule has 1 saturated heterocycles. The van der Waals surface area contributed by atoms with Crippen molar-refractivity contribution in [2.24, 2.45) is 0 Å². The van der Waals surface area contributed by atoms with E-state index in [1.165, 1.54) is 5.56 Å². The number of ether oxygens (including phenoxy) is 2. The van der Waals surface area contributed by atoms with Gasteiger partial charge >= 0.3 is 0 Å². The lowest BCUT2D eigenvalue weighted by Crippen LogP contribution is -2.37. The van der Waals surface area contributed by atoms with Gasteiger partial charge in [-0.3, -0.25) is 15.0 Å². The fourth-order valence-corrected chi connectivity index (χ4v) is 3.51. The first-order chi connectivity index (χ1) is 13.8. The minimum absolute atomic E-state index is 0.197. The highest BCUT2D eigenvalue weighted by Gasteiger charge is 2.22. The minimum atomic E-state index is 0.197. The molecule has 2 aromatic heterocycles. The molecule has 0 radical (unpaired) electrons. The van der Waals surface area contributed by atoms with E-state index in [0.29, 0.717) is 12.5 Å². The number of nitrogens with zero attached hydrogens (tertiary/aromatic N) is 4. The molecule has 146 valence electrons. The number of hydrogen-bond acceptors (Lipinski definition) is 6. The standard InChI is InChI=1S/C21H25N5O2/c1-2-27-18-5-3-16(4-6-18)21-17(13-24-25-21)15-26-11-7-19(8-12-26)28-20-14-22-9-10-23-20/h3-6,9-10,13-14,19H,2,7-8,11-12,15H2,1H3,(H,24,25). The lowest BCUT2D eigenvalue weighted by atomic mass is 10.0. The monoisotopic (exact) mass is 379 g/mol. The summed E-state index contributed by atoms with van der Waals surface area (Å²) < 4.78 is 11.5. The predicted octanol–water partition coefficient (Wildman–Crippen LogP) is 3.31. The third-order valence-electron chi connectivity index (χ3n) is 4.93. The molecule has 1 aromatic carbocycles. The fourth-order valence-electron chi connectivity index (χ4n) is 3.51. The molecule has 1 N–H and O–H groups in total. The van der Waals surface area contributed by atoms with Gasteiger partial charge in [-0.25, -0.2) is 4.98 Å².